The standard InChI is InChI=1S/C16H17F3O4/c1-21-15-13-5-3-2-4-11(13)6-7-14(15)23-9-12(20)8-22-10-16(17,18)19/h2-7,12,20H,8-10H2,1H3. The second-order valence-corrected chi connectivity index (χ2v) is 4.91. The highest BCUT2D eigenvalue weighted by molar-refractivity contribution is 5.90. The Morgan fingerprint density at radius 1 is 1.09 bits per heavy atom. The fraction of sp³-hybridized carbons (Fsp3) is 0.375. The van der Waals surface area contributed by atoms with Crippen molar-refractivity contribution in [3.05, 3.63) is 36.4 Å². The third kappa shape index (κ3) is 5.01. The molecule has 2 aromatic rings. The summed E-state index contributed by atoms with van der Waals surface area (Å²) in [5.41, 5.74) is 0. The van der Waals surface area contributed by atoms with Gasteiger partial charge in [0.15, 0.2) is 11.5 Å². The number of rotatable bonds is 7. The molecular weight excluding hydrogens is 313 g/mol. The first-order valence-corrected chi connectivity index (χ1v) is 6.92. The van der Waals surface area contributed by atoms with E-state index < -0.39 is 25.5 Å². The van der Waals surface area contributed by atoms with Crippen LogP contribution in [0.1, 0.15) is 0 Å². The smallest absolute Gasteiger partial charge is 0.411 e. The molecule has 2 rings (SSSR count). The molecule has 0 saturated heterocycles. The SMILES string of the molecule is COc1c(OCC(O)COCC(F)(F)F)ccc2ccccc12. The number of hydrogen-bond acceptors (Lipinski definition) is 4. The zero-order valence-corrected chi connectivity index (χ0v) is 12.5. The van der Waals surface area contributed by atoms with Crippen LogP contribution in [0, 0.1) is 0 Å². The molecule has 0 saturated carbocycles. The van der Waals surface area contributed by atoms with Crippen LogP contribution in [0.5, 0.6) is 11.5 Å². The van der Waals surface area contributed by atoms with Gasteiger partial charge in [0.2, 0.25) is 0 Å². The molecule has 1 atom stereocenters. The monoisotopic (exact) mass is 330 g/mol. The van der Waals surface area contributed by atoms with Gasteiger partial charge in [0.1, 0.15) is 19.3 Å². The second-order valence-electron chi connectivity index (χ2n) is 4.91. The van der Waals surface area contributed by atoms with E-state index >= 15 is 0 Å². The van der Waals surface area contributed by atoms with Crippen molar-refractivity contribution in [1.29, 1.82) is 0 Å². The van der Waals surface area contributed by atoms with Crippen LogP contribution in [-0.4, -0.2) is 44.3 Å². The van der Waals surface area contributed by atoms with Crippen LogP contribution in [0.4, 0.5) is 13.2 Å². The third-order valence-corrected chi connectivity index (χ3v) is 3.05. The van der Waals surface area contributed by atoms with E-state index in [-0.39, 0.29) is 6.61 Å². The van der Waals surface area contributed by atoms with Crippen molar-refractivity contribution >= 4 is 10.8 Å². The van der Waals surface area contributed by atoms with Crippen LogP contribution in [0.25, 0.3) is 10.8 Å². The molecule has 0 radical (unpaired) electrons. The number of benzene rings is 2. The lowest BCUT2D eigenvalue weighted by Crippen LogP contribution is -2.27. The highest BCUT2D eigenvalue weighted by atomic mass is 19.4. The molecule has 0 aliphatic heterocycles. The van der Waals surface area contributed by atoms with Crippen molar-refractivity contribution in [3.63, 3.8) is 0 Å². The lowest BCUT2D eigenvalue weighted by atomic mass is 10.1. The summed E-state index contributed by atoms with van der Waals surface area (Å²) in [4.78, 5) is 0. The average molecular weight is 330 g/mol. The number of hydrogen-bond donors (Lipinski definition) is 1. The molecule has 2 aromatic carbocycles. The van der Waals surface area contributed by atoms with Crippen molar-refractivity contribution < 1.29 is 32.5 Å². The Balaban J connectivity index is 1.96. The quantitative estimate of drug-likeness (QED) is 0.847. The highest BCUT2D eigenvalue weighted by Crippen LogP contribution is 2.35. The van der Waals surface area contributed by atoms with E-state index in [1.165, 1.54) is 7.11 Å². The second kappa shape index (κ2) is 7.52. The van der Waals surface area contributed by atoms with Crippen LogP contribution < -0.4 is 9.47 Å². The number of alkyl halides is 3. The minimum absolute atomic E-state index is 0.202. The van der Waals surface area contributed by atoms with E-state index in [1.807, 2.05) is 30.3 Å². The van der Waals surface area contributed by atoms with Gasteiger partial charge in [0, 0.05) is 5.39 Å². The van der Waals surface area contributed by atoms with Crippen LogP contribution in [0.15, 0.2) is 36.4 Å². The molecule has 23 heavy (non-hydrogen) atoms. The largest absolute Gasteiger partial charge is 0.492 e. The van der Waals surface area contributed by atoms with Crippen LogP contribution in [0.2, 0.25) is 0 Å². The Kier molecular flexibility index (Phi) is 5.68. The molecule has 0 heterocycles. The van der Waals surface area contributed by atoms with Crippen LogP contribution in [-0.2, 0) is 4.74 Å². The Morgan fingerprint density at radius 3 is 2.52 bits per heavy atom. The van der Waals surface area contributed by atoms with Crippen molar-refractivity contribution in [2.75, 3.05) is 26.9 Å². The molecule has 0 amide bonds. The van der Waals surface area contributed by atoms with Gasteiger partial charge >= 0.3 is 6.18 Å². The summed E-state index contributed by atoms with van der Waals surface area (Å²) in [6.07, 6.45) is -5.59. The van der Waals surface area contributed by atoms with Gasteiger partial charge in [-0.15, -0.1) is 0 Å². The normalized spacial score (nSPS) is 13.1. The van der Waals surface area contributed by atoms with E-state index in [2.05, 4.69) is 4.74 Å². The Morgan fingerprint density at radius 2 is 1.83 bits per heavy atom. The summed E-state index contributed by atoms with van der Waals surface area (Å²) < 4.78 is 51.0. The van der Waals surface area contributed by atoms with Gasteiger partial charge in [-0.3, -0.25) is 0 Å². The van der Waals surface area contributed by atoms with Gasteiger partial charge < -0.3 is 19.3 Å². The molecule has 1 unspecified atom stereocenters. The molecule has 7 heteroatoms. The van der Waals surface area contributed by atoms with E-state index in [0.29, 0.717) is 11.5 Å². The van der Waals surface area contributed by atoms with Crippen molar-refractivity contribution in [2.45, 2.75) is 12.3 Å². The first-order valence-electron chi connectivity index (χ1n) is 6.92. The minimum atomic E-state index is -4.41. The molecular formula is C16H17F3O4. The van der Waals surface area contributed by atoms with Gasteiger partial charge in [-0.2, -0.15) is 13.2 Å². The van der Waals surface area contributed by atoms with Gasteiger partial charge in [0.25, 0.3) is 0 Å². The predicted molar refractivity (Wildman–Crippen MR) is 78.9 cm³/mol. The summed E-state index contributed by atoms with van der Waals surface area (Å²) in [6, 6.07) is 11.0. The lowest BCUT2D eigenvalue weighted by molar-refractivity contribution is -0.179. The summed E-state index contributed by atoms with van der Waals surface area (Å²) in [5, 5.41) is 11.4. The maximum Gasteiger partial charge on any atom is 0.411 e. The fourth-order valence-corrected chi connectivity index (χ4v) is 2.09. The molecule has 0 fully saturated rings. The number of methoxy groups -OCH3 is 1. The van der Waals surface area contributed by atoms with Crippen molar-refractivity contribution in [2.24, 2.45) is 0 Å². The van der Waals surface area contributed by atoms with Gasteiger partial charge in [0.05, 0.1) is 13.7 Å². The van der Waals surface area contributed by atoms with E-state index in [4.69, 9.17) is 9.47 Å². The number of aliphatic hydroxyl groups is 1. The van der Waals surface area contributed by atoms with Crippen LogP contribution >= 0.6 is 0 Å². The molecule has 0 aromatic heterocycles. The Labute approximate surface area is 131 Å². The van der Waals surface area contributed by atoms with Crippen molar-refractivity contribution in [3.8, 4) is 11.5 Å². The maximum absolute atomic E-state index is 11.9. The average Bonchev–Trinajstić information content (AvgIpc) is 2.51. The predicted octanol–water partition coefficient (Wildman–Crippen LogP) is 3.17. The van der Waals surface area contributed by atoms with Gasteiger partial charge in [-0.05, 0) is 11.5 Å². The van der Waals surface area contributed by atoms with E-state index in [0.717, 1.165) is 10.8 Å². The van der Waals surface area contributed by atoms with E-state index in [9.17, 15) is 18.3 Å². The number of halogens is 3. The summed E-state index contributed by atoms with van der Waals surface area (Å²) in [5.74, 6) is 0.910. The molecule has 0 spiro atoms. The molecule has 0 aliphatic rings. The van der Waals surface area contributed by atoms with Gasteiger partial charge in [-0.1, -0.05) is 30.3 Å². The maximum atomic E-state index is 11.9. The summed E-state index contributed by atoms with van der Waals surface area (Å²) in [6.45, 7) is -2.06. The molecule has 0 aliphatic carbocycles. The zero-order valence-electron chi connectivity index (χ0n) is 12.5. The number of aliphatic hydroxyl groups excluding tert-OH is 1. The number of ether oxygens (including phenoxy) is 3. The van der Waals surface area contributed by atoms with Gasteiger partial charge in [-0.25, -0.2) is 0 Å². The summed E-state index contributed by atoms with van der Waals surface area (Å²) in [7, 11) is 1.50. The van der Waals surface area contributed by atoms with Crippen molar-refractivity contribution in [1.82, 2.24) is 0 Å². The van der Waals surface area contributed by atoms with E-state index in [1.54, 1.807) is 6.07 Å². The highest BCUT2D eigenvalue weighted by Gasteiger charge is 2.27. The number of fused-ring (bicyclic) bond motifs is 1. The van der Waals surface area contributed by atoms with Crippen LogP contribution in [0.3, 0.4) is 0 Å². The molecule has 0 bridgehead atoms. The fourth-order valence-electron chi connectivity index (χ4n) is 2.09. The topological polar surface area (TPSA) is 47.9 Å². The molecule has 126 valence electrons. The molecule has 4 nitrogen and oxygen atoms in total. The summed E-state index contributed by atoms with van der Waals surface area (Å²) >= 11 is 0. The first-order chi connectivity index (χ1) is 10.9. The minimum Gasteiger partial charge on any atom is -0.492 e. The Hall–Kier alpha value is -1.99. The third-order valence-electron chi connectivity index (χ3n) is 3.05. The zero-order chi connectivity index (χ0) is 16.9. The first kappa shape index (κ1) is 17.4. The molecule has 1 N–H and O–H groups in total. The Bertz CT molecular complexity index is 643. The lowest BCUT2D eigenvalue weighted by Gasteiger charge is -2.16.